The van der Waals surface area contributed by atoms with E-state index in [1.807, 2.05) is 58.6 Å². The Labute approximate surface area is 185 Å². The monoisotopic (exact) mass is 525 g/mol. The van der Waals surface area contributed by atoms with Gasteiger partial charge in [-0.1, -0.05) is 23.7 Å². The maximum Gasteiger partial charge on any atom is 0.231 e. The van der Waals surface area contributed by atoms with Crippen molar-refractivity contribution in [2.75, 3.05) is 0 Å². The van der Waals surface area contributed by atoms with Crippen molar-refractivity contribution in [1.29, 1.82) is 0 Å². The summed E-state index contributed by atoms with van der Waals surface area (Å²) >= 11 is 9.64. The SMILES string of the molecule is Cc1sc2c(c1C)C(c1ccc(Cl)cc1)=NC(CC(=O)NI)c1nnc(C)n1-2. The molecule has 1 aliphatic rings. The molecule has 1 unspecified atom stereocenters. The van der Waals surface area contributed by atoms with Gasteiger partial charge >= 0.3 is 0 Å². The summed E-state index contributed by atoms with van der Waals surface area (Å²) in [6.45, 7) is 6.13. The van der Waals surface area contributed by atoms with Crippen LogP contribution in [0.15, 0.2) is 29.3 Å². The molecule has 0 saturated heterocycles. The molecule has 0 radical (unpaired) electrons. The molecule has 6 nitrogen and oxygen atoms in total. The fourth-order valence-corrected chi connectivity index (χ4v) is 4.91. The topological polar surface area (TPSA) is 72.2 Å². The average Bonchev–Trinajstić information content (AvgIpc) is 3.15. The van der Waals surface area contributed by atoms with Crippen LogP contribution in [0.25, 0.3) is 5.00 Å². The number of hydrogen-bond donors (Lipinski definition) is 1. The molecular formula is C19H17ClIN5OS. The van der Waals surface area contributed by atoms with Crippen molar-refractivity contribution in [2.45, 2.75) is 33.2 Å². The van der Waals surface area contributed by atoms with Crippen LogP contribution in [-0.4, -0.2) is 26.4 Å². The van der Waals surface area contributed by atoms with Gasteiger partial charge in [-0.25, -0.2) is 0 Å². The van der Waals surface area contributed by atoms with Crippen LogP contribution in [0.3, 0.4) is 0 Å². The lowest BCUT2D eigenvalue weighted by molar-refractivity contribution is -0.119. The summed E-state index contributed by atoms with van der Waals surface area (Å²) in [6, 6.07) is 7.21. The quantitative estimate of drug-likeness (QED) is 0.399. The largest absolute Gasteiger partial charge is 0.299 e. The van der Waals surface area contributed by atoms with E-state index in [0.717, 1.165) is 27.7 Å². The van der Waals surface area contributed by atoms with Crippen molar-refractivity contribution < 1.29 is 4.79 Å². The summed E-state index contributed by atoms with van der Waals surface area (Å²) in [5, 5.41) is 10.4. The minimum atomic E-state index is -0.430. The molecule has 4 rings (SSSR count). The highest BCUT2D eigenvalue weighted by Gasteiger charge is 2.32. The lowest BCUT2D eigenvalue weighted by Gasteiger charge is -2.11. The smallest absolute Gasteiger partial charge is 0.231 e. The number of thiophene rings is 1. The number of amides is 1. The highest BCUT2D eigenvalue weighted by molar-refractivity contribution is 14.1. The predicted octanol–water partition coefficient (Wildman–Crippen LogP) is 4.66. The van der Waals surface area contributed by atoms with Gasteiger partial charge in [0.25, 0.3) is 0 Å². The molecule has 0 spiro atoms. The van der Waals surface area contributed by atoms with E-state index in [2.05, 4.69) is 27.6 Å². The van der Waals surface area contributed by atoms with E-state index in [1.54, 1.807) is 11.3 Å². The van der Waals surface area contributed by atoms with Crippen LogP contribution in [0.4, 0.5) is 0 Å². The van der Waals surface area contributed by atoms with Gasteiger partial charge in [0.15, 0.2) is 5.82 Å². The first-order chi connectivity index (χ1) is 13.4. The van der Waals surface area contributed by atoms with Crippen molar-refractivity contribution in [3.8, 4) is 5.00 Å². The van der Waals surface area contributed by atoms with Crippen LogP contribution in [0.2, 0.25) is 5.02 Å². The molecule has 0 fully saturated rings. The Morgan fingerprint density at radius 2 is 1.96 bits per heavy atom. The molecule has 0 saturated carbocycles. The molecule has 144 valence electrons. The van der Waals surface area contributed by atoms with Gasteiger partial charge in [-0.15, -0.1) is 21.5 Å². The van der Waals surface area contributed by atoms with E-state index < -0.39 is 6.04 Å². The summed E-state index contributed by atoms with van der Waals surface area (Å²) in [6.07, 6.45) is 0.200. The zero-order valence-corrected chi connectivity index (χ0v) is 19.2. The van der Waals surface area contributed by atoms with Gasteiger partial charge in [-0.3, -0.25) is 17.9 Å². The molecular weight excluding hydrogens is 509 g/mol. The minimum absolute atomic E-state index is 0.102. The molecule has 2 aromatic heterocycles. The number of benzene rings is 1. The van der Waals surface area contributed by atoms with E-state index >= 15 is 0 Å². The van der Waals surface area contributed by atoms with Gasteiger partial charge in [0.1, 0.15) is 16.9 Å². The third-order valence-corrected chi connectivity index (χ3v) is 6.89. The Morgan fingerprint density at radius 1 is 1.25 bits per heavy atom. The second-order valence-electron chi connectivity index (χ2n) is 6.63. The van der Waals surface area contributed by atoms with Crippen molar-refractivity contribution in [1.82, 2.24) is 18.3 Å². The lowest BCUT2D eigenvalue weighted by Crippen LogP contribution is -2.17. The van der Waals surface area contributed by atoms with Crippen molar-refractivity contribution in [3.05, 3.63) is 62.5 Å². The van der Waals surface area contributed by atoms with Crippen LogP contribution in [-0.2, 0) is 4.79 Å². The number of halogens is 2. The molecule has 0 aliphatic carbocycles. The molecule has 1 aliphatic heterocycles. The Balaban J connectivity index is 2.01. The van der Waals surface area contributed by atoms with Gasteiger partial charge in [-0.2, -0.15) is 0 Å². The van der Waals surface area contributed by atoms with Crippen molar-refractivity contribution in [2.24, 2.45) is 4.99 Å². The summed E-state index contributed by atoms with van der Waals surface area (Å²) in [5.41, 5.74) is 4.05. The van der Waals surface area contributed by atoms with Crippen LogP contribution >= 0.6 is 45.8 Å². The zero-order chi connectivity index (χ0) is 20.0. The summed E-state index contributed by atoms with van der Waals surface area (Å²) in [4.78, 5) is 18.4. The standard InChI is InChI=1S/C19H17ClIN5OS/c1-9-10(2)28-19-16(9)17(12-4-6-13(20)7-5-12)22-14(8-15(27)23-21)18-25-24-11(3)26(18)19/h4-7,14H,8H2,1-3H3,(H,23,27). The van der Waals surface area contributed by atoms with E-state index in [0.29, 0.717) is 10.8 Å². The number of aromatic nitrogens is 3. The van der Waals surface area contributed by atoms with Crippen LogP contribution in [0, 0.1) is 20.8 Å². The Kier molecular flexibility index (Phi) is 5.28. The van der Waals surface area contributed by atoms with Crippen LogP contribution < -0.4 is 3.53 Å². The van der Waals surface area contributed by atoms with E-state index in [4.69, 9.17) is 16.6 Å². The average molecular weight is 526 g/mol. The molecule has 28 heavy (non-hydrogen) atoms. The number of nitrogens with zero attached hydrogens (tertiary/aromatic N) is 4. The number of nitrogens with one attached hydrogen (secondary N) is 1. The van der Waals surface area contributed by atoms with Crippen LogP contribution in [0.5, 0.6) is 0 Å². The minimum Gasteiger partial charge on any atom is -0.299 e. The number of carbonyl (C=O) groups is 1. The highest BCUT2D eigenvalue weighted by atomic mass is 127. The molecule has 1 atom stereocenters. The maximum atomic E-state index is 12.2. The lowest BCUT2D eigenvalue weighted by atomic mass is 9.99. The third kappa shape index (κ3) is 3.27. The Bertz CT molecular complexity index is 1100. The highest BCUT2D eigenvalue weighted by Crippen LogP contribution is 2.39. The van der Waals surface area contributed by atoms with Crippen molar-refractivity contribution in [3.63, 3.8) is 0 Å². The first-order valence-electron chi connectivity index (χ1n) is 8.66. The number of rotatable bonds is 3. The molecule has 1 aromatic carbocycles. The zero-order valence-electron chi connectivity index (χ0n) is 15.5. The first kappa shape index (κ1) is 19.5. The normalized spacial score (nSPS) is 15.5. The van der Waals surface area contributed by atoms with Gasteiger partial charge in [0.2, 0.25) is 5.91 Å². The summed E-state index contributed by atoms with van der Waals surface area (Å²) in [5.74, 6) is 1.36. The molecule has 1 amide bonds. The van der Waals surface area contributed by atoms with Gasteiger partial charge in [0.05, 0.1) is 35.0 Å². The Morgan fingerprint density at radius 3 is 2.64 bits per heavy atom. The van der Waals surface area contributed by atoms with E-state index in [1.165, 1.54) is 10.4 Å². The number of aryl methyl sites for hydroxylation is 2. The summed E-state index contributed by atoms with van der Waals surface area (Å²) in [7, 11) is 0. The Hall–Kier alpha value is -1.78. The molecule has 9 heteroatoms. The van der Waals surface area contributed by atoms with Gasteiger partial charge < -0.3 is 0 Å². The first-order valence-corrected chi connectivity index (χ1v) is 10.9. The second-order valence-corrected chi connectivity index (χ2v) is 8.81. The molecule has 3 heterocycles. The van der Waals surface area contributed by atoms with E-state index in [9.17, 15) is 4.79 Å². The number of fused-ring (bicyclic) bond motifs is 3. The maximum absolute atomic E-state index is 12.2. The predicted molar refractivity (Wildman–Crippen MR) is 120 cm³/mol. The molecule has 1 N–H and O–H groups in total. The third-order valence-electron chi connectivity index (χ3n) is 4.84. The fourth-order valence-electron chi connectivity index (χ4n) is 3.35. The van der Waals surface area contributed by atoms with Gasteiger partial charge in [0, 0.05) is 21.0 Å². The number of hydrogen-bond acceptors (Lipinski definition) is 5. The second kappa shape index (κ2) is 7.57. The summed E-state index contributed by atoms with van der Waals surface area (Å²) < 4.78 is 4.70. The molecule has 0 bridgehead atoms. The fraction of sp³-hybridized carbons (Fsp3) is 0.263. The molecule has 3 aromatic rings. The number of carbonyl (C=O) groups excluding carboxylic acids is 1. The van der Waals surface area contributed by atoms with Crippen LogP contribution in [0.1, 0.15) is 45.7 Å². The van der Waals surface area contributed by atoms with E-state index in [-0.39, 0.29) is 12.3 Å². The van der Waals surface area contributed by atoms with Gasteiger partial charge in [-0.05, 0) is 38.5 Å². The van der Waals surface area contributed by atoms with Crippen molar-refractivity contribution >= 4 is 57.4 Å². The number of aliphatic imine (C=N–C) groups is 1.